The van der Waals surface area contributed by atoms with Crippen molar-refractivity contribution in [2.24, 2.45) is 0 Å². The zero-order valence-electron chi connectivity index (χ0n) is 15.3. The lowest BCUT2D eigenvalue weighted by Gasteiger charge is -2.35. The number of alkyl halides is 5. The highest BCUT2D eigenvalue weighted by Gasteiger charge is 2.45. The van der Waals surface area contributed by atoms with Gasteiger partial charge in [-0.05, 0) is 18.2 Å². The molecule has 31 heavy (non-hydrogen) atoms. The van der Waals surface area contributed by atoms with Gasteiger partial charge in [-0.15, -0.1) is 0 Å². The van der Waals surface area contributed by atoms with Crippen LogP contribution in [0.15, 0.2) is 30.5 Å². The van der Waals surface area contributed by atoms with Gasteiger partial charge in [0.25, 0.3) is 11.9 Å². The maximum Gasteiger partial charge on any atom is 0.435 e. The number of hydrogen-bond acceptors (Lipinski definition) is 6. The lowest BCUT2D eigenvalue weighted by Crippen LogP contribution is -2.44. The zero-order valence-corrected chi connectivity index (χ0v) is 15.3. The summed E-state index contributed by atoms with van der Waals surface area (Å²) in [5.74, 6) is -5.53. The van der Waals surface area contributed by atoms with Gasteiger partial charge in [0.05, 0.1) is 0 Å². The van der Waals surface area contributed by atoms with Gasteiger partial charge in [0.2, 0.25) is 11.9 Å². The lowest BCUT2D eigenvalue weighted by molar-refractivity contribution is -0.141. The fourth-order valence-electron chi connectivity index (χ4n) is 2.88. The normalized spacial score (nSPS) is 16.1. The van der Waals surface area contributed by atoms with Crippen molar-refractivity contribution in [2.75, 3.05) is 10.6 Å². The van der Waals surface area contributed by atoms with Crippen LogP contribution in [0.4, 0.5) is 48.3 Å². The first kappa shape index (κ1) is 20.8. The van der Waals surface area contributed by atoms with E-state index in [1.165, 1.54) is 0 Å². The van der Waals surface area contributed by atoms with Crippen molar-refractivity contribution in [3.63, 3.8) is 0 Å². The number of rotatable bonds is 5. The molecule has 0 saturated heterocycles. The van der Waals surface area contributed by atoms with E-state index in [4.69, 9.17) is 0 Å². The Kier molecular flexibility index (Phi) is 4.94. The van der Waals surface area contributed by atoms with Crippen LogP contribution in [0.5, 0.6) is 0 Å². The first-order valence-electron chi connectivity index (χ1n) is 8.74. The average molecular weight is 447 g/mol. The van der Waals surface area contributed by atoms with Crippen LogP contribution < -0.4 is 10.6 Å². The standard InChI is InChI=1S/C17H12F7N7/c18-8-3-9(19)5-10(4-8)25-13-27-14(26-11-6-16(20,21)7-11)29-15(28-13)31-2-1-12(30-31)17(22,23)24/h1-5,11H,6-7H2,(H2,25,26,27,28,29). The van der Waals surface area contributed by atoms with Gasteiger partial charge >= 0.3 is 6.18 Å². The summed E-state index contributed by atoms with van der Waals surface area (Å²) < 4.78 is 92.3. The molecule has 164 valence electrons. The summed E-state index contributed by atoms with van der Waals surface area (Å²) in [4.78, 5) is 11.8. The molecule has 1 aliphatic rings. The predicted octanol–water partition coefficient (Wildman–Crippen LogP) is 4.31. The van der Waals surface area contributed by atoms with E-state index in [-0.39, 0.29) is 23.5 Å². The highest BCUT2D eigenvalue weighted by molar-refractivity contribution is 5.55. The summed E-state index contributed by atoms with van der Waals surface area (Å²) >= 11 is 0. The topological polar surface area (TPSA) is 80.5 Å². The molecule has 4 rings (SSSR count). The van der Waals surface area contributed by atoms with Crippen LogP contribution in [-0.2, 0) is 6.18 Å². The highest BCUT2D eigenvalue weighted by Crippen LogP contribution is 2.38. The molecular formula is C17H12F7N7. The number of nitrogens with one attached hydrogen (secondary N) is 2. The Morgan fingerprint density at radius 1 is 0.968 bits per heavy atom. The molecular weight excluding hydrogens is 435 g/mol. The van der Waals surface area contributed by atoms with E-state index in [9.17, 15) is 30.7 Å². The number of anilines is 3. The van der Waals surface area contributed by atoms with E-state index in [2.05, 4.69) is 30.7 Å². The Morgan fingerprint density at radius 3 is 2.19 bits per heavy atom. The molecule has 14 heteroatoms. The fraction of sp³-hybridized carbons (Fsp3) is 0.294. The number of benzene rings is 1. The van der Waals surface area contributed by atoms with Crippen molar-refractivity contribution in [3.05, 3.63) is 47.8 Å². The van der Waals surface area contributed by atoms with Crippen molar-refractivity contribution >= 4 is 17.6 Å². The number of halogens is 7. The minimum atomic E-state index is -4.71. The van der Waals surface area contributed by atoms with Crippen LogP contribution in [0.3, 0.4) is 0 Å². The van der Waals surface area contributed by atoms with E-state index >= 15 is 0 Å². The zero-order chi connectivity index (χ0) is 22.4. The van der Waals surface area contributed by atoms with E-state index in [0.717, 1.165) is 18.3 Å². The fourth-order valence-corrected chi connectivity index (χ4v) is 2.88. The van der Waals surface area contributed by atoms with Gasteiger partial charge in [-0.2, -0.15) is 33.2 Å². The molecule has 2 N–H and O–H groups in total. The van der Waals surface area contributed by atoms with E-state index in [1.807, 2.05) is 0 Å². The van der Waals surface area contributed by atoms with Crippen LogP contribution in [-0.4, -0.2) is 36.7 Å². The average Bonchev–Trinajstić information content (AvgIpc) is 3.09. The molecule has 0 amide bonds. The van der Waals surface area contributed by atoms with Gasteiger partial charge in [0.15, 0.2) is 5.69 Å². The summed E-state index contributed by atoms with van der Waals surface area (Å²) in [5, 5.41) is 8.49. The molecule has 0 spiro atoms. The Bertz CT molecular complexity index is 1080. The summed E-state index contributed by atoms with van der Waals surface area (Å²) in [5.41, 5.74) is -1.30. The van der Waals surface area contributed by atoms with Gasteiger partial charge in [-0.25, -0.2) is 22.2 Å². The van der Waals surface area contributed by atoms with Crippen molar-refractivity contribution < 1.29 is 30.7 Å². The summed E-state index contributed by atoms with van der Waals surface area (Å²) in [6, 6.07) is 2.52. The van der Waals surface area contributed by atoms with Crippen molar-refractivity contribution in [3.8, 4) is 5.95 Å². The summed E-state index contributed by atoms with van der Waals surface area (Å²) in [6.07, 6.45) is -4.72. The molecule has 2 heterocycles. The lowest BCUT2D eigenvalue weighted by atomic mass is 9.88. The molecule has 1 aromatic carbocycles. The van der Waals surface area contributed by atoms with Gasteiger partial charge < -0.3 is 10.6 Å². The Hall–Kier alpha value is -3.45. The third kappa shape index (κ3) is 4.83. The monoisotopic (exact) mass is 447 g/mol. The molecule has 1 aliphatic carbocycles. The molecule has 0 aliphatic heterocycles. The molecule has 2 aromatic heterocycles. The van der Waals surface area contributed by atoms with Crippen molar-refractivity contribution in [2.45, 2.75) is 31.0 Å². The van der Waals surface area contributed by atoms with Crippen LogP contribution in [0, 0.1) is 11.6 Å². The molecule has 3 aromatic rings. The van der Waals surface area contributed by atoms with E-state index in [0.29, 0.717) is 16.8 Å². The molecule has 0 bridgehead atoms. The van der Waals surface area contributed by atoms with Gasteiger partial charge in [-0.1, -0.05) is 0 Å². The Morgan fingerprint density at radius 2 is 1.61 bits per heavy atom. The minimum Gasteiger partial charge on any atom is -0.351 e. The molecule has 0 atom stereocenters. The second-order valence-corrected chi connectivity index (χ2v) is 6.81. The van der Waals surface area contributed by atoms with Crippen LogP contribution >= 0.6 is 0 Å². The second kappa shape index (κ2) is 7.35. The van der Waals surface area contributed by atoms with Gasteiger partial charge in [0.1, 0.15) is 11.6 Å². The third-order valence-corrected chi connectivity index (χ3v) is 4.25. The molecule has 1 fully saturated rings. The van der Waals surface area contributed by atoms with Crippen LogP contribution in [0.2, 0.25) is 0 Å². The first-order chi connectivity index (χ1) is 14.5. The van der Waals surface area contributed by atoms with Gasteiger partial charge in [-0.3, -0.25) is 0 Å². The molecule has 0 unspecified atom stereocenters. The Labute approximate surface area is 169 Å². The number of aromatic nitrogens is 5. The van der Waals surface area contributed by atoms with E-state index in [1.54, 1.807) is 0 Å². The SMILES string of the molecule is Fc1cc(F)cc(Nc2nc(NC3CC(F)(F)C3)nc(-n3ccc(C(F)(F)F)n3)n2)c1. The van der Waals surface area contributed by atoms with Crippen LogP contribution in [0.1, 0.15) is 18.5 Å². The second-order valence-electron chi connectivity index (χ2n) is 6.81. The predicted molar refractivity (Wildman–Crippen MR) is 93.2 cm³/mol. The first-order valence-corrected chi connectivity index (χ1v) is 8.74. The summed E-state index contributed by atoms with van der Waals surface area (Å²) in [7, 11) is 0. The van der Waals surface area contributed by atoms with Crippen molar-refractivity contribution in [1.29, 1.82) is 0 Å². The maximum atomic E-state index is 13.4. The van der Waals surface area contributed by atoms with E-state index < -0.39 is 48.3 Å². The maximum absolute atomic E-state index is 13.4. The Balaban J connectivity index is 1.67. The quantitative estimate of drug-likeness (QED) is 0.568. The smallest absolute Gasteiger partial charge is 0.351 e. The largest absolute Gasteiger partial charge is 0.435 e. The summed E-state index contributed by atoms with van der Waals surface area (Å²) in [6.45, 7) is 0. The van der Waals surface area contributed by atoms with Gasteiger partial charge in [0, 0.05) is 36.8 Å². The highest BCUT2D eigenvalue weighted by atomic mass is 19.4. The minimum absolute atomic E-state index is 0.0905. The van der Waals surface area contributed by atoms with Crippen molar-refractivity contribution in [1.82, 2.24) is 24.7 Å². The molecule has 7 nitrogen and oxygen atoms in total. The number of nitrogens with zero attached hydrogens (tertiary/aromatic N) is 5. The van der Waals surface area contributed by atoms with Crippen LogP contribution in [0.25, 0.3) is 5.95 Å². The molecule has 1 saturated carbocycles. The third-order valence-electron chi connectivity index (χ3n) is 4.25. The number of hydrogen-bond donors (Lipinski definition) is 2. The molecule has 0 radical (unpaired) electrons.